The zero-order valence-electron chi connectivity index (χ0n) is 6.35. The summed E-state index contributed by atoms with van der Waals surface area (Å²) in [4.78, 5) is 0. The molecule has 0 rings (SSSR count). The average molecular weight is 210 g/mol. The summed E-state index contributed by atoms with van der Waals surface area (Å²) in [5.74, 6) is -13.6. The summed E-state index contributed by atoms with van der Waals surface area (Å²) in [7, 11) is 0. The first kappa shape index (κ1) is 12.2. The Kier molecular flexibility index (Phi) is 3.34. The first-order valence-corrected chi connectivity index (χ1v) is 3.13. The van der Waals surface area contributed by atoms with Gasteiger partial charge in [-0.25, -0.2) is 0 Å². The van der Waals surface area contributed by atoms with E-state index in [-0.39, 0.29) is 0 Å². The molecule has 0 unspecified atom stereocenters. The van der Waals surface area contributed by atoms with Gasteiger partial charge in [0.2, 0.25) is 5.83 Å². The van der Waals surface area contributed by atoms with Crippen LogP contribution in [0.5, 0.6) is 0 Å². The molecule has 0 spiro atoms. The van der Waals surface area contributed by atoms with Crippen molar-refractivity contribution in [3.05, 3.63) is 11.9 Å². The summed E-state index contributed by atoms with van der Waals surface area (Å²) in [6, 6.07) is 0. The Morgan fingerprint density at radius 2 is 1.38 bits per heavy atom. The molecule has 0 aliphatic rings. The van der Waals surface area contributed by atoms with Crippen molar-refractivity contribution >= 4 is 0 Å². The summed E-state index contributed by atoms with van der Waals surface area (Å²) in [5, 5.41) is 0. The molecule has 0 radical (unpaired) electrons. The Labute approximate surface area is 69.0 Å². The highest BCUT2D eigenvalue weighted by molar-refractivity contribution is 5.10. The van der Waals surface area contributed by atoms with E-state index in [1.165, 1.54) is 0 Å². The Hall–Kier alpha value is -0.750. The van der Waals surface area contributed by atoms with Crippen LogP contribution in [-0.4, -0.2) is 11.8 Å². The van der Waals surface area contributed by atoms with Crippen LogP contribution in [0, 0.1) is 0 Å². The Balaban J connectivity index is 5.09. The van der Waals surface area contributed by atoms with Crippen LogP contribution in [0.4, 0.5) is 30.7 Å². The van der Waals surface area contributed by atoms with Gasteiger partial charge in [-0.05, 0) is 0 Å². The molecule has 0 aliphatic heterocycles. The summed E-state index contributed by atoms with van der Waals surface area (Å²) < 4.78 is 83.2. The molecule has 0 aromatic rings. The summed E-state index contributed by atoms with van der Waals surface area (Å²) in [6.07, 6.45) is -4.86. The van der Waals surface area contributed by atoms with Crippen LogP contribution in [-0.2, 0) is 0 Å². The minimum Gasteiger partial charge on any atom is -0.199 e. The Bertz CT molecular complexity index is 213. The van der Waals surface area contributed by atoms with E-state index >= 15 is 0 Å². The van der Waals surface area contributed by atoms with Gasteiger partial charge < -0.3 is 0 Å². The fourth-order valence-corrected chi connectivity index (χ4v) is 0.501. The van der Waals surface area contributed by atoms with Crippen LogP contribution in [0.1, 0.15) is 13.3 Å². The minimum absolute atomic E-state index is 0.636. The van der Waals surface area contributed by atoms with Gasteiger partial charge >= 0.3 is 17.9 Å². The van der Waals surface area contributed by atoms with E-state index in [1.54, 1.807) is 0 Å². The van der Waals surface area contributed by atoms with Crippen LogP contribution in [0.25, 0.3) is 0 Å². The van der Waals surface area contributed by atoms with Crippen molar-refractivity contribution < 1.29 is 30.7 Å². The monoisotopic (exact) mass is 210 g/mol. The van der Waals surface area contributed by atoms with Crippen LogP contribution < -0.4 is 0 Å². The molecule has 0 saturated carbocycles. The van der Waals surface area contributed by atoms with E-state index in [2.05, 4.69) is 0 Å². The van der Waals surface area contributed by atoms with Crippen molar-refractivity contribution in [1.29, 1.82) is 0 Å². The number of hydrogen-bond donors (Lipinski definition) is 0. The molecule has 0 nitrogen and oxygen atoms in total. The topological polar surface area (TPSA) is 0 Å². The Morgan fingerprint density at radius 1 is 1.00 bits per heavy atom. The molecule has 0 bridgehead atoms. The molecule has 7 heteroatoms. The molecule has 0 aromatic carbocycles. The van der Waals surface area contributed by atoms with Gasteiger partial charge in [-0.15, -0.1) is 0 Å². The first-order chi connectivity index (χ1) is 5.66. The van der Waals surface area contributed by atoms with Crippen molar-refractivity contribution in [3.63, 3.8) is 0 Å². The van der Waals surface area contributed by atoms with E-state index in [1.807, 2.05) is 0 Å². The van der Waals surface area contributed by atoms with Gasteiger partial charge in [0.1, 0.15) is 0 Å². The average Bonchev–Trinajstić information content (AvgIpc) is 2.02. The molecule has 0 fully saturated rings. The lowest BCUT2D eigenvalue weighted by molar-refractivity contribution is -0.197. The first-order valence-electron chi connectivity index (χ1n) is 3.13. The maximum atomic E-state index is 12.2. The van der Waals surface area contributed by atoms with Gasteiger partial charge in [0.25, 0.3) is 0 Å². The molecule has 0 saturated heterocycles. The van der Waals surface area contributed by atoms with Gasteiger partial charge in [-0.3, -0.25) is 0 Å². The highest BCUT2D eigenvalue weighted by atomic mass is 19.3. The van der Waals surface area contributed by atoms with Crippen LogP contribution in [0.15, 0.2) is 11.9 Å². The van der Waals surface area contributed by atoms with E-state index in [4.69, 9.17) is 0 Å². The minimum atomic E-state index is -5.44. The van der Waals surface area contributed by atoms with Crippen molar-refractivity contribution in [3.8, 4) is 0 Å². The highest BCUT2D eigenvalue weighted by Gasteiger charge is 2.60. The molecule has 13 heavy (non-hydrogen) atoms. The van der Waals surface area contributed by atoms with E-state index < -0.39 is 30.2 Å². The smallest absolute Gasteiger partial charge is 0.199 e. The van der Waals surface area contributed by atoms with Crippen molar-refractivity contribution in [1.82, 2.24) is 0 Å². The molecular formula is C6H5F7. The van der Waals surface area contributed by atoms with Crippen molar-refractivity contribution in [2.75, 3.05) is 0 Å². The molecular weight excluding hydrogens is 205 g/mol. The lowest BCUT2D eigenvalue weighted by atomic mass is 10.1. The lowest BCUT2D eigenvalue weighted by Crippen LogP contribution is -2.40. The molecule has 0 aliphatic carbocycles. The van der Waals surface area contributed by atoms with Crippen molar-refractivity contribution in [2.45, 2.75) is 25.2 Å². The number of hydrogen-bond acceptors (Lipinski definition) is 0. The summed E-state index contributed by atoms with van der Waals surface area (Å²) >= 11 is 0. The number of allylic oxidation sites excluding steroid dienone is 1. The Morgan fingerprint density at radius 3 is 1.62 bits per heavy atom. The third-order valence-corrected chi connectivity index (χ3v) is 1.34. The van der Waals surface area contributed by atoms with Crippen LogP contribution in [0.2, 0.25) is 0 Å². The highest BCUT2D eigenvalue weighted by Crippen LogP contribution is 2.43. The largest absolute Gasteiger partial charge is 0.366 e. The normalized spacial score (nSPS) is 12.9. The summed E-state index contributed by atoms with van der Waals surface area (Å²) in [5.41, 5.74) is 0. The second-order valence-electron chi connectivity index (χ2n) is 2.21. The number of rotatable bonds is 3. The van der Waals surface area contributed by atoms with Crippen LogP contribution in [0.3, 0.4) is 0 Å². The van der Waals surface area contributed by atoms with E-state index in [0.717, 1.165) is 0 Å². The van der Waals surface area contributed by atoms with E-state index in [0.29, 0.717) is 6.92 Å². The van der Waals surface area contributed by atoms with Gasteiger partial charge in [0.05, 0.1) is 0 Å². The van der Waals surface area contributed by atoms with Gasteiger partial charge in [0.15, 0.2) is 0 Å². The molecule has 0 aromatic heterocycles. The maximum Gasteiger partial charge on any atom is 0.366 e. The van der Waals surface area contributed by atoms with Crippen LogP contribution >= 0.6 is 0 Å². The van der Waals surface area contributed by atoms with Crippen molar-refractivity contribution in [2.24, 2.45) is 0 Å². The number of halogens is 7. The molecule has 0 N–H and O–H groups in total. The molecule has 0 amide bonds. The second kappa shape index (κ2) is 3.55. The second-order valence-corrected chi connectivity index (χ2v) is 2.21. The predicted molar refractivity (Wildman–Crippen MR) is 30.5 cm³/mol. The number of alkyl halides is 4. The fraction of sp³-hybridized carbons (Fsp3) is 0.667. The van der Waals surface area contributed by atoms with E-state index in [9.17, 15) is 30.7 Å². The van der Waals surface area contributed by atoms with Gasteiger partial charge in [0, 0.05) is 6.42 Å². The zero-order chi connectivity index (χ0) is 10.9. The van der Waals surface area contributed by atoms with Gasteiger partial charge in [-0.2, -0.15) is 30.7 Å². The molecule has 0 heterocycles. The predicted octanol–water partition coefficient (Wildman–Crippen LogP) is 3.74. The summed E-state index contributed by atoms with van der Waals surface area (Å²) in [6.45, 7) is 0.636. The SMILES string of the molecule is CCC(F)(F)C(F)(F)C(F)=C(F)F. The molecule has 78 valence electrons. The standard InChI is InChI=1S/C6H5F7/c1-2-5(10,11)6(12,13)3(7)4(8)9/h2H2,1H3. The lowest BCUT2D eigenvalue weighted by Gasteiger charge is -2.23. The fourth-order valence-electron chi connectivity index (χ4n) is 0.501. The zero-order valence-corrected chi connectivity index (χ0v) is 6.35. The molecule has 0 atom stereocenters. The third kappa shape index (κ3) is 2.13. The third-order valence-electron chi connectivity index (χ3n) is 1.34. The maximum absolute atomic E-state index is 12.2. The quantitative estimate of drug-likeness (QED) is 0.622. The van der Waals surface area contributed by atoms with Gasteiger partial charge in [-0.1, -0.05) is 6.92 Å².